The van der Waals surface area contributed by atoms with Gasteiger partial charge in [0, 0.05) is 0 Å². The standard InChI is InChI=1S/C28H28P2.2C16H13Si.2Au/c1-5-15-25(16-6-1)29(26-17-7-2-8-18-26)23-13-14-24-30(27-19-9-3-10-20-27)28-21-11-4-12-22-28;2*1-4-12-9-10-14-13-7-5-6-8-15(13)17(2,3)16(14)11-12;;/h1-12,15-22H,13-14,23-24H2;2*5-11H,2-3H3;;/q;2*-1;2*+1/p+2. The van der Waals surface area contributed by atoms with Crippen LogP contribution in [0, 0.1) is 24.7 Å². The van der Waals surface area contributed by atoms with Crippen molar-refractivity contribution >= 4 is 74.0 Å². The number of fused-ring (bicyclic) bond motifs is 6. The zero-order chi connectivity index (χ0) is 44.5. The van der Waals surface area contributed by atoms with Crippen LogP contribution >= 0.6 is 15.8 Å². The van der Waals surface area contributed by atoms with Crippen LogP contribution in [0.3, 0.4) is 0 Å². The molecule has 0 atom stereocenters. The first-order valence-corrected chi connectivity index (χ1v) is 31.9. The summed E-state index contributed by atoms with van der Waals surface area (Å²) in [6.45, 7) is 9.52. The fourth-order valence-electron chi connectivity index (χ4n) is 9.64. The molecule has 8 aromatic carbocycles. The van der Waals surface area contributed by atoms with Gasteiger partial charge in [0.15, 0.2) is 0 Å². The molecule has 10 rings (SSSR count). The normalized spacial score (nSPS) is 12.7. The molecule has 0 amide bonds. The quantitative estimate of drug-likeness (QED) is 0.0444. The summed E-state index contributed by atoms with van der Waals surface area (Å²) in [6, 6.07) is 74.6. The molecule has 334 valence electrons. The van der Waals surface area contributed by atoms with Crippen molar-refractivity contribution in [2.24, 2.45) is 0 Å². The van der Waals surface area contributed by atoms with Gasteiger partial charge in [-0.25, -0.2) is 0 Å². The van der Waals surface area contributed by atoms with Gasteiger partial charge in [-0.3, -0.25) is 11.8 Å². The Labute approximate surface area is 430 Å². The second kappa shape index (κ2) is 23.6. The number of hydrogen-bond acceptors (Lipinski definition) is 0. The number of benzene rings is 8. The van der Waals surface area contributed by atoms with Crippen molar-refractivity contribution in [3.63, 3.8) is 0 Å². The van der Waals surface area contributed by atoms with Crippen LogP contribution in [-0.4, -0.2) is 28.5 Å². The van der Waals surface area contributed by atoms with Crippen molar-refractivity contribution in [1.82, 2.24) is 0 Å². The fraction of sp³-hybridized carbons (Fsp3) is 0.133. The van der Waals surface area contributed by atoms with Crippen LogP contribution in [0.2, 0.25) is 26.2 Å². The van der Waals surface area contributed by atoms with E-state index in [2.05, 4.69) is 232 Å². The van der Waals surface area contributed by atoms with Gasteiger partial charge >= 0.3 is 44.8 Å². The molecule has 6 heteroatoms. The third-order valence-corrected chi connectivity index (χ3v) is 26.0. The van der Waals surface area contributed by atoms with Crippen molar-refractivity contribution in [1.29, 1.82) is 0 Å². The zero-order valence-electron chi connectivity index (χ0n) is 38.1. The van der Waals surface area contributed by atoms with Gasteiger partial charge in [-0.2, -0.15) is 0 Å². The minimum absolute atomic E-state index is 0. The summed E-state index contributed by atoms with van der Waals surface area (Å²) in [4.78, 5) is 0. The van der Waals surface area contributed by atoms with Gasteiger partial charge in [0.1, 0.15) is 16.1 Å². The van der Waals surface area contributed by atoms with Crippen LogP contribution in [0.25, 0.3) is 22.3 Å². The molecule has 0 bridgehead atoms. The van der Waals surface area contributed by atoms with Crippen molar-refractivity contribution in [3.05, 3.63) is 230 Å². The van der Waals surface area contributed by atoms with Gasteiger partial charge in [0.05, 0.1) is 49.4 Å². The van der Waals surface area contributed by atoms with Crippen molar-refractivity contribution in [2.45, 2.75) is 39.0 Å². The fourth-order valence-corrected chi connectivity index (χ4v) is 21.2. The Morgan fingerprint density at radius 1 is 0.348 bits per heavy atom. The van der Waals surface area contributed by atoms with Crippen LogP contribution in [0.5, 0.6) is 0 Å². The molecular weight excluding hydrogens is 1230 g/mol. The summed E-state index contributed by atoms with van der Waals surface area (Å²) < 4.78 is 0. The summed E-state index contributed by atoms with van der Waals surface area (Å²) in [5.74, 6) is 4.99. The predicted octanol–water partition coefficient (Wildman–Crippen LogP) is 10.3. The Hall–Kier alpha value is -4.35. The molecule has 0 spiro atoms. The molecule has 0 nitrogen and oxygen atoms in total. The van der Waals surface area contributed by atoms with Crippen LogP contribution < -0.4 is 42.0 Å². The minimum Gasteiger partial charge on any atom is -0.366 e. The zero-order valence-corrected chi connectivity index (χ0v) is 46.4. The van der Waals surface area contributed by atoms with Crippen LogP contribution in [0.4, 0.5) is 0 Å². The van der Waals surface area contributed by atoms with Crippen LogP contribution in [-0.2, 0) is 44.8 Å². The first-order chi connectivity index (χ1) is 31.2. The van der Waals surface area contributed by atoms with Gasteiger partial charge in [-0.1, -0.05) is 170 Å². The maximum atomic E-state index is 7.26. The summed E-state index contributed by atoms with van der Waals surface area (Å²) in [7, 11) is -4.53. The second-order valence-corrected chi connectivity index (χ2v) is 31.6. The molecule has 0 aliphatic carbocycles. The third kappa shape index (κ3) is 11.3. The van der Waals surface area contributed by atoms with E-state index in [1.54, 1.807) is 0 Å². The molecule has 66 heavy (non-hydrogen) atoms. The van der Waals surface area contributed by atoms with E-state index in [-0.39, 0.29) is 44.8 Å². The molecular formula is C60H56Au2P2Si2+2. The topological polar surface area (TPSA) is 0 Å². The largest absolute Gasteiger partial charge is 1.00 e. The summed E-state index contributed by atoms with van der Waals surface area (Å²) in [5.41, 5.74) is 7.26. The molecule has 0 saturated heterocycles. The average molecular weight is 1290 g/mol. The maximum absolute atomic E-state index is 7.26. The average Bonchev–Trinajstić information content (AvgIpc) is 3.72. The Morgan fingerprint density at radius 3 is 0.924 bits per heavy atom. The Bertz CT molecular complexity index is 2640. The van der Waals surface area contributed by atoms with E-state index in [1.807, 2.05) is 12.1 Å². The van der Waals surface area contributed by atoms with E-state index in [0.717, 1.165) is 11.1 Å². The smallest absolute Gasteiger partial charge is 0.366 e. The number of hydrogen-bond donors (Lipinski definition) is 0. The molecule has 2 aliphatic heterocycles. The van der Waals surface area contributed by atoms with Crippen LogP contribution in [0.1, 0.15) is 24.0 Å². The first-order valence-electron chi connectivity index (χ1n) is 22.5. The van der Waals surface area contributed by atoms with Crippen molar-refractivity contribution in [2.75, 3.05) is 12.3 Å². The summed E-state index contributed by atoms with van der Waals surface area (Å²) in [6.07, 6.45) is 19.7. The van der Waals surface area contributed by atoms with E-state index >= 15 is 0 Å². The monoisotopic (exact) mass is 1290 g/mol. The van der Waals surface area contributed by atoms with Crippen molar-refractivity contribution in [3.8, 4) is 34.1 Å². The predicted molar refractivity (Wildman–Crippen MR) is 290 cm³/mol. The minimum atomic E-state index is -1.55. The summed E-state index contributed by atoms with van der Waals surface area (Å²) in [5, 5.41) is 12.0. The molecule has 0 N–H and O–H groups in total. The molecule has 8 aromatic rings. The van der Waals surface area contributed by atoms with Gasteiger partial charge in [0.25, 0.3) is 0 Å². The van der Waals surface area contributed by atoms with E-state index in [9.17, 15) is 0 Å². The first kappa shape index (κ1) is 51.1. The van der Waals surface area contributed by atoms with E-state index in [1.165, 1.54) is 89.4 Å². The molecule has 0 radical (unpaired) electrons. The van der Waals surface area contributed by atoms with Gasteiger partial charge in [-0.05, 0) is 94.0 Å². The SMILES string of the molecule is [Au+].[Au+].[C-]#Cc1ccc2c(c1)[Si](C)(C)c1ccccc1-2.[C-]#Cc1ccc2c(c1)[Si](C)(C)c1ccccc1-2.c1ccc([PH+](CCCC[PH+](c2ccccc2)c2ccccc2)c2ccccc2)cc1. The Kier molecular flexibility index (Phi) is 18.2. The molecule has 0 fully saturated rings. The second-order valence-electron chi connectivity index (χ2n) is 17.7. The summed E-state index contributed by atoms with van der Waals surface area (Å²) >= 11 is 0. The molecule has 0 aromatic heterocycles. The van der Waals surface area contributed by atoms with Crippen molar-refractivity contribution < 1.29 is 44.8 Å². The van der Waals surface area contributed by atoms with E-state index in [4.69, 9.17) is 12.8 Å². The van der Waals surface area contributed by atoms with Gasteiger partial charge in [0.2, 0.25) is 0 Å². The number of unbranched alkanes of at least 4 members (excludes halogenated alkanes) is 1. The maximum Gasteiger partial charge on any atom is 1.00 e. The molecule has 0 unspecified atom stereocenters. The third-order valence-electron chi connectivity index (χ3n) is 13.0. The number of rotatable bonds is 9. The molecule has 0 saturated carbocycles. The van der Waals surface area contributed by atoms with Gasteiger partial charge < -0.3 is 12.8 Å². The molecule has 2 aliphatic rings. The van der Waals surface area contributed by atoms with E-state index in [0.29, 0.717) is 0 Å². The Morgan fingerprint density at radius 2 is 0.621 bits per heavy atom. The van der Waals surface area contributed by atoms with E-state index < -0.39 is 32.0 Å². The Balaban J connectivity index is 0.000000172. The van der Waals surface area contributed by atoms with Crippen LogP contribution in [0.15, 0.2) is 206 Å². The van der Waals surface area contributed by atoms with Gasteiger partial charge in [-0.15, -0.1) is 35.4 Å². The molecule has 2 heterocycles.